The van der Waals surface area contributed by atoms with Crippen LogP contribution in [0.25, 0.3) is 0 Å². The number of hydrogen-bond donors (Lipinski definition) is 2. The summed E-state index contributed by atoms with van der Waals surface area (Å²) in [6.45, 7) is 2.53. The molecule has 1 heterocycles. The summed E-state index contributed by atoms with van der Waals surface area (Å²) in [5.74, 6) is 0.00861. The van der Waals surface area contributed by atoms with Gasteiger partial charge < -0.3 is 10.5 Å². The molecule has 78 valence electrons. The van der Waals surface area contributed by atoms with Crippen LogP contribution in [0.1, 0.15) is 13.3 Å². The lowest BCUT2D eigenvalue weighted by Crippen LogP contribution is -2.10. The minimum Gasteiger partial charge on any atom is -0.466 e. The summed E-state index contributed by atoms with van der Waals surface area (Å²) in [5, 5.41) is 6.24. The highest BCUT2D eigenvalue weighted by molar-refractivity contribution is 7.71. The van der Waals surface area contributed by atoms with Gasteiger partial charge in [-0.1, -0.05) is 0 Å². The van der Waals surface area contributed by atoms with E-state index in [0.29, 0.717) is 17.9 Å². The van der Waals surface area contributed by atoms with Crippen molar-refractivity contribution in [1.82, 2.24) is 14.8 Å². The van der Waals surface area contributed by atoms with E-state index in [1.165, 1.54) is 0 Å². The Morgan fingerprint density at radius 3 is 3.00 bits per heavy atom. The lowest BCUT2D eigenvalue weighted by atomic mass is 10.4. The predicted octanol–water partition coefficient (Wildman–Crippen LogP) is 0.476. The number of anilines is 1. The molecular formula is C7H12N4O2S. The van der Waals surface area contributed by atoms with Gasteiger partial charge in [0.15, 0.2) is 4.77 Å². The number of carbonyl (C=O) groups excluding carboxylic acids is 1. The first-order valence-corrected chi connectivity index (χ1v) is 4.62. The van der Waals surface area contributed by atoms with Gasteiger partial charge in [0.2, 0.25) is 5.95 Å². The third kappa shape index (κ3) is 2.56. The summed E-state index contributed by atoms with van der Waals surface area (Å²) in [7, 11) is 0. The summed E-state index contributed by atoms with van der Waals surface area (Å²) in [6, 6.07) is 0. The molecular weight excluding hydrogens is 204 g/mol. The average Bonchev–Trinajstić information content (AvgIpc) is 2.44. The summed E-state index contributed by atoms with van der Waals surface area (Å²) in [6.07, 6.45) is 0.242. The molecule has 0 atom stereocenters. The first kappa shape index (κ1) is 10.7. The second kappa shape index (κ2) is 4.75. The Morgan fingerprint density at radius 1 is 1.79 bits per heavy atom. The molecule has 1 aromatic rings. The van der Waals surface area contributed by atoms with Crippen molar-refractivity contribution in [3.05, 3.63) is 4.77 Å². The van der Waals surface area contributed by atoms with Crippen molar-refractivity contribution >= 4 is 24.1 Å². The molecule has 0 radical (unpaired) electrons. The van der Waals surface area contributed by atoms with Crippen molar-refractivity contribution in [2.24, 2.45) is 0 Å². The Kier molecular flexibility index (Phi) is 3.63. The van der Waals surface area contributed by atoms with Gasteiger partial charge in [0.25, 0.3) is 0 Å². The van der Waals surface area contributed by atoms with Crippen molar-refractivity contribution in [2.45, 2.75) is 19.9 Å². The van der Waals surface area contributed by atoms with E-state index in [4.69, 9.17) is 22.7 Å². The van der Waals surface area contributed by atoms with Gasteiger partial charge in [-0.25, -0.2) is 5.10 Å². The molecule has 3 N–H and O–H groups in total. The number of ether oxygens (including phenoxy) is 1. The fraction of sp³-hybridized carbons (Fsp3) is 0.571. The Morgan fingerprint density at radius 2 is 2.50 bits per heavy atom. The number of H-pyrrole nitrogens is 1. The second-order valence-electron chi connectivity index (χ2n) is 2.59. The molecule has 1 aromatic heterocycles. The third-order valence-corrected chi connectivity index (χ3v) is 1.94. The van der Waals surface area contributed by atoms with Crippen molar-refractivity contribution in [3.8, 4) is 0 Å². The number of hydrogen-bond acceptors (Lipinski definition) is 5. The van der Waals surface area contributed by atoms with Gasteiger partial charge >= 0.3 is 5.97 Å². The molecule has 0 saturated carbocycles. The zero-order valence-corrected chi connectivity index (χ0v) is 8.63. The van der Waals surface area contributed by atoms with Gasteiger partial charge in [-0.05, 0) is 19.1 Å². The van der Waals surface area contributed by atoms with Crippen LogP contribution < -0.4 is 5.73 Å². The summed E-state index contributed by atoms with van der Waals surface area (Å²) < 4.78 is 6.72. The smallest absolute Gasteiger partial charge is 0.307 e. The average molecular weight is 216 g/mol. The van der Waals surface area contributed by atoms with Gasteiger partial charge in [-0.3, -0.25) is 9.36 Å². The van der Waals surface area contributed by atoms with Gasteiger partial charge in [-0.15, -0.1) is 5.10 Å². The minimum atomic E-state index is -0.269. The van der Waals surface area contributed by atoms with Gasteiger partial charge in [-0.2, -0.15) is 0 Å². The molecule has 0 aliphatic carbocycles. The van der Waals surface area contributed by atoms with Crippen molar-refractivity contribution < 1.29 is 9.53 Å². The molecule has 0 aliphatic rings. The van der Waals surface area contributed by atoms with E-state index in [1.807, 2.05) is 0 Å². The number of nitrogens with two attached hydrogens (primary N) is 1. The van der Waals surface area contributed by atoms with Gasteiger partial charge in [0.05, 0.1) is 13.0 Å². The summed E-state index contributed by atoms with van der Waals surface area (Å²) in [4.78, 5) is 11.0. The molecule has 6 nitrogen and oxygen atoms in total. The molecule has 0 aromatic carbocycles. The zero-order valence-electron chi connectivity index (χ0n) is 7.82. The summed E-state index contributed by atoms with van der Waals surface area (Å²) >= 11 is 4.90. The topological polar surface area (TPSA) is 85.9 Å². The SMILES string of the molecule is CCOC(=O)CCn1c(N)n[nH]c1=S. The molecule has 0 bridgehead atoms. The Hall–Kier alpha value is -1.37. The number of rotatable bonds is 4. The lowest BCUT2D eigenvalue weighted by molar-refractivity contribution is -0.143. The van der Waals surface area contributed by atoms with Crippen LogP contribution >= 0.6 is 12.2 Å². The Bertz CT molecular complexity index is 370. The largest absolute Gasteiger partial charge is 0.466 e. The molecule has 7 heteroatoms. The maximum absolute atomic E-state index is 11.0. The van der Waals surface area contributed by atoms with Gasteiger partial charge in [0, 0.05) is 6.54 Å². The van der Waals surface area contributed by atoms with E-state index < -0.39 is 0 Å². The number of esters is 1. The highest BCUT2D eigenvalue weighted by Crippen LogP contribution is 2.01. The van der Waals surface area contributed by atoms with E-state index in [0.717, 1.165) is 0 Å². The van der Waals surface area contributed by atoms with E-state index in [1.54, 1.807) is 11.5 Å². The standard InChI is InChI=1S/C7H12N4O2S/c1-2-13-5(12)3-4-11-6(8)9-10-7(11)14/h2-4H2,1H3,(H2,8,9)(H,10,14). The van der Waals surface area contributed by atoms with Crippen LogP contribution in [0.2, 0.25) is 0 Å². The van der Waals surface area contributed by atoms with Crippen LogP contribution in [0.15, 0.2) is 0 Å². The van der Waals surface area contributed by atoms with Crippen LogP contribution in [0, 0.1) is 4.77 Å². The molecule has 0 aliphatic heterocycles. The molecule has 0 unspecified atom stereocenters. The molecule has 14 heavy (non-hydrogen) atoms. The van der Waals surface area contributed by atoms with Crippen LogP contribution in [0.4, 0.5) is 5.95 Å². The van der Waals surface area contributed by atoms with Crippen molar-refractivity contribution in [1.29, 1.82) is 0 Å². The Labute approximate surface area is 86.1 Å². The second-order valence-corrected chi connectivity index (χ2v) is 2.98. The third-order valence-electron chi connectivity index (χ3n) is 1.63. The summed E-state index contributed by atoms with van der Waals surface area (Å²) in [5.41, 5.74) is 5.50. The number of nitrogen functional groups attached to an aromatic ring is 1. The van der Waals surface area contributed by atoms with E-state index in [-0.39, 0.29) is 18.3 Å². The Balaban J connectivity index is 2.53. The number of carbonyl (C=O) groups is 1. The predicted molar refractivity (Wildman–Crippen MR) is 53.1 cm³/mol. The fourth-order valence-electron chi connectivity index (χ4n) is 0.982. The van der Waals surface area contributed by atoms with Crippen LogP contribution in [0.5, 0.6) is 0 Å². The monoisotopic (exact) mass is 216 g/mol. The van der Waals surface area contributed by atoms with Crippen LogP contribution in [0.3, 0.4) is 0 Å². The van der Waals surface area contributed by atoms with Crippen molar-refractivity contribution in [2.75, 3.05) is 12.3 Å². The normalized spacial score (nSPS) is 10.1. The number of aromatic nitrogens is 3. The maximum atomic E-state index is 11.0. The zero-order chi connectivity index (χ0) is 10.6. The quantitative estimate of drug-likeness (QED) is 0.564. The molecule has 0 amide bonds. The highest BCUT2D eigenvalue weighted by Gasteiger charge is 2.05. The molecule has 0 fully saturated rings. The molecule has 0 saturated heterocycles. The lowest BCUT2D eigenvalue weighted by Gasteiger charge is -2.03. The van der Waals surface area contributed by atoms with E-state index >= 15 is 0 Å². The van der Waals surface area contributed by atoms with Crippen LogP contribution in [-0.2, 0) is 16.1 Å². The van der Waals surface area contributed by atoms with Gasteiger partial charge in [0.1, 0.15) is 0 Å². The fourth-order valence-corrected chi connectivity index (χ4v) is 1.21. The number of nitrogens with zero attached hydrogens (tertiary/aromatic N) is 2. The number of nitrogens with one attached hydrogen (secondary N) is 1. The maximum Gasteiger partial charge on any atom is 0.307 e. The number of aromatic amines is 1. The molecule has 1 rings (SSSR count). The minimum absolute atomic E-state index is 0.242. The molecule has 0 spiro atoms. The first-order valence-electron chi connectivity index (χ1n) is 4.21. The van der Waals surface area contributed by atoms with Crippen molar-refractivity contribution in [3.63, 3.8) is 0 Å². The first-order chi connectivity index (χ1) is 6.65. The highest BCUT2D eigenvalue weighted by atomic mass is 32.1. The van der Waals surface area contributed by atoms with E-state index in [2.05, 4.69) is 10.2 Å². The van der Waals surface area contributed by atoms with Crippen LogP contribution in [-0.4, -0.2) is 27.3 Å². The van der Waals surface area contributed by atoms with E-state index in [9.17, 15) is 4.79 Å².